The number of aromatic nitrogens is 4. The van der Waals surface area contributed by atoms with Crippen molar-refractivity contribution in [1.82, 2.24) is 19.6 Å². The summed E-state index contributed by atoms with van der Waals surface area (Å²) in [4.78, 5) is 8.86. The van der Waals surface area contributed by atoms with E-state index in [4.69, 9.17) is 16.7 Å². The Morgan fingerprint density at radius 2 is 1.86 bits per heavy atom. The highest BCUT2D eigenvalue weighted by Crippen LogP contribution is 2.24. The highest BCUT2D eigenvalue weighted by atomic mass is 35.5. The number of benzene rings is 2. The third-order valence-electron chi connectivity index (χ3n) is 4.62. The topological polar surface area (TPSA) is 55.1 Å². The van der Waals surface area contributed by atoms with Crippen LogP contribution in [0.15, 0.2) is 79.1 Å². The number of hydrogen-bond acceptors (Lipinski definition) is 4. The van der Waals surface area contributed by atoms with Crippen molar-refractivity contribution in [3.63, 3.8) is 0 Å². The number of hydrogen-bond donors (Lipinski definition) is 1. The predicted molar refractivity (Wildman–Crippen MR) is 112 cm³/mol. The van der Waals surface area contributed by atoms with E-state index in [9.17, 15) is 0 Å². The van der Waals surface area contributed by atoms with E-state index >= 15 is 0 Å². The molecule has 0 unspecified atom stereocenters. The largest absolute Gasteiger partial charge is 0.338 e. The fourth-order valence-electron chi connectivity index (χ4n) is 3.25. The van der Waals surface area contributed by atoms with E-state index in [1.165, 1.54) is 5.56 Å². The van der Waals surface area contributed by atoms with E-state index < -0.39 is 0 Å². The first kappa shape index (κ1) is 16.7. The Bertz CT molecular complexity index is 1290. The summed E-state index contributed by atoms with van der Waals surface area (Å²) in [5, 5.41) is 9.75. The number of fused-ring (bicyclic) bond motifs is 2. The zero-order chi connectivity index (χ0) is 18.9. The lowest BCUT2D eigenvalue weighted by atomic mass is 10.1. The van der Waals surface area contributed by atoms with Crippen LogP contribution >= 0.6 is 11.6 Å². The molecule has 0 saturated carbocycles. The van der Waals surface area contributed by atoms with Crippen molar-refractivity contribution in [3.8, 4) is 0 Å². The molecule has 0 aliphatic rings. The van der Waals surface area contributed by atoms with Crippen LogP contribution in [0.25, 0.3) is 16.6 Å². The summed E-state index contributed by atoms with van der Waals surface area (Å²) in [6, 6.07) is 21.8. The molecule has 0 aliphatic carbocycles. The average molecular weight is 386 g/mol. The number of nitrogens with one attached hydrogen (secondary N) is 1. The molecule has 0 spiro atoms. The van der Waals surface area contributed by atoms with Crippen molar-refractivity contribution in [2.45, 2.75) is 6.42 Å². The van der Waals surface area contributed by atoms with Gasteiger partial charge in [-0.3, -0.25) is 4.98 Å². The van der Waals surface area contributed by atoms with E-state index in [0.717, 1.165) is 34.4 Å². The molecule has 5 nitrogen and oxygen atoms in total. The summed E-state index contributed by atoms with van der Waals surface area (Å²) in [7, 11) is 0. The lowest BCUT2D eigenvalue weighted by Crippen LogP contribution is -2.03. The Hall–Kier alpha value is -3.44. The summed E-state index contributed by atoms with van der Waals surface area (Å²) in [5.41, 5.74) is 4.82. The van der Waals surface area contributed by atoms with Crippen LogP contribution in [0.4, 0.5) is 11.5 Å². The Morgan fingerprint density at radius 1 is 0.929 bits per heavy atom. The normalized spacial score (nSPS) is 11.2. The van der Waals surface area contributed by atoms with Crippen molar-refractivity contribution in [2.24, 2.45) is 0 Å². The van der Waals surface area contributed by atoms with Crippen LogP contribution in [-0.2, 0) is 6.42 Å². The van der Waals surface area contributed by atoms with Crippen LogP contribution in [0.5, 0.6) is 0 Å². The minimum Gasteiger partial charge on any atom is -0.338 e. The summed E-state index contributed by atoms with van der Waals surface area (Å²) in [6.07, 6.45) is 4.41. The van der Waals surface area contributed by atoms with Gasteiger partial charge in [-0.2, -0.15) is 0 Å². The van der Waals surface area contributed by atoms with E-state index in [-0.39, 0.29) is 0 Å². The lowest BCUT2D eigenvalue weighted by Gasteiger charge is -2.08. The molecule has 6 heteroatoms. The van der Waals surface area contributed by atoms with E-state index in [1.807, 2.05) is 65.4 Å². The third-order valence-corrected chi connectivity index (χ3v) is 4.95. The highest BCUT2D eigenvalue weighted by Gasteiger charge is 2.08. The molecule has 1 N–H and O–H groups in total. The first-order valence-electron chi connectivity index (χ1n) is 8.95. The SMILES string of the molecule is Clc1ccccc1Nc1ccc2ncc(Cc3ccc4ncccc4c3)n2n1. The van der Waals surface area contributed by atoms with Crippen molar-refractivity contribution in [2.75, 3.05) is 5.32 Å². The van der Waals surface area contributed by atoms with E-state index in [0.29, 0.717) is 10.8 Å². The number of para-hydroxylation sites is 1. The molecule has 5 aromatic rings. The monoisotopic (exact) mass is 385 g/mol. The molecular formula is C22H16ClN5. The lowest BCUT2D eigenvalue weighted by molar-refractivity contribution is 0.876. The van der Waals surface area contributed by atoms with Crippen molar-refractivity contribution in [1.29, 1.82) is 0 Å². The van der Waals surface area contributed by atoms with Gasteiger partial charge in [0.2, 0.25) is 0 Å². The van der Waals surface area contributed by atoms with Gasteiger partial charge in [0, 0.05) is 18.0 Å². The van der Waals surface area contributed by atoms with Crippen LogP contribution < -0.4 is 5.32 Å². The fraction of sp³-hybridized carbons (Fsp3) is 0.0455. The Kier molecular flexibility index (Phi) is 4.14. The van der Waals surface area contributed by atoms with E-state index in [2.05, 4.69) is 33.5 Å². The smallest absolute Gasteiger partial charge is 0.153 e. The highest BCUT2D eigenvalue weighted by molar-refractivity contribution is 6.33. The minimum atomic E-state index is 0.653. The van der Waals surface area contributed by atoms with Crippen LogP contribution in [0, 0.1) is 0 Å². The quantitative estimate of drug-likeness (QED) is 0.458. The number of pyridine rings is 1. The van der Waals surface area contributed by atoms with Gasteiger partial charge in [-0.25, -0.2) is 9.50 Å². The fourth-order valence-corrected chi connectivity index (χ4v) is 3.44. The Labute approximate surface area is 166 Å². The second-order valence-corrected chi connectivity index (χ2v) is 6.96. The maximum absolute atomic E-state index is 6.24. The first-order chi connectivity index (χ1) is 13.8. The molecule has 3 aromatic heterocycles. The van der Waals surface area contributed by atoms with Gasteiger partial charge < -0.3 is 5.32 Å². The molecule has 0 bridgehead atoms. The molecule has 136 valence electrons. The van der Waals surface area contributed by atoms with Crippen molar-refractivity contribution >= 4 is 39.7 Å². The van der Waals surface area contributed by atoms with Gasteiger partial charge in [-0.05, 0) is 48.0 Å². The van der Waals surface area contributed by atoms with E-state index in [1.54, 1.807) is 0 Å². The van der Waals surface area contributed by atoms with Crippen LogP contribution in [0.3, 0.4) is 0 Å². The standard InChI is InChI=1S/C22H16ClN5/c23-18-5-1-2-6-20(18)26-21-9-10-22-25-14-17(28(22)27-21)13-15-7-8-19-16(12-15)4-3-11-24-19/h1-12,14H,13H2,(H,26,27). The number of halogens is 1. The summed E-state index contributed by atoms with van der Waals surface area (Å²) in [6.45, 7) is 0. The molecular weight excluding hydrogens is 370 g/mol. The van der Waals surface area contributed by atoms with Gasteiger partial charge >= 0.3 is 0 Å². The molecule has 0 fully saturated rings. The third kappa shape index (κ3) is 3.17. The number of nitrogens with zero attached hydrogens (tertiary/aromatic N) is 4. The van der Waals surface area contributed by atoms with Crippen molar-refractivity contribution < 1.29 is 0 Å². The Morgan fingerprint density at radius 3 is 2.79 bits per heavy atom. The molecule has 3 heterocycles. The summed E-state index contributed by atoms with van der Waals surface area (Å²) < 4.78 is 1.87. The van der Waals surface area contributed by atoms with Gasteiger partial charge in [-0.1, -0.05) is 35.9 Å². The maximum atomic E-state index is 6.24. The molecule has 28 heavy (non-hydrogen) atoms. The molecule has 0 aliphatic heterocycles. The second-order valence-electron chi connectivity index (χ2n) is 6.55. The number of rotatable bonds is 4. The molecule has 0 amide bonds. The molecule has 0 atom stereocenters. The van der Waals surface area contributed by atoms with Crippen LogP contribution in [0.1, 0.15) is 11.3 Å². The van der Waals surface area contributed by atoms with Gasteiger partial charge in [0.25, 0.3) is 0 Å². The summed E-state index contributed by atoms with van der Waals surface area (Å²) in [5.74, 6) is 0.711. The molecule has 2 aromatic carbocycles. The van der Waals surface area contributed by atoms with Gasteiger partial charge in [0.1, 0.15) is 0 Å². The zero-order valence-electron chi connectivity index (χ0n) is 14.9. The predicted octanol–water partition coefficient (Wildman–Crippen LogP) is 5.27. The van der Waals surface area contributed by atoms with Crippen LogP contribution in [-0.4, -0.2) is 19.6 Å². The summed E-state index contributed by atoms with van der Waals surface area (Å²) >= 11 is 6.24. The zero-order valence-corrected chi connectivity index (χ0v) is 15.6. The number of anilines is 2. The average Bonchev–Trinajstić information content (AvgIpc) is 3.12. The van der Waals surface area contributed by atoms with Crippen LogP contribution in [0.2, 0.25) is 5.02 Å². The second kappa shape index (κ2) is 6.94. The van der Waals surface area contributed by atoms with Gasteiger partial charge in [-0.15, -0.1) is 5.10 Å². The molecule has 0 saturated heterocycles. The number of imidazole rings is 1. The molecule has 0 radical (unpaired) electrons. The maximum Gasteiger partial charge on any atom is 0.153 e. The minimum absolute atomic E-state index is 0.653. The Balaban J connectivity index is 1.48. The molecule has 5 rings (SSSR count). The van der Waals surface area contributed by atoms with Crippen molar-refractivity contribution in [3.05, 3.63) is 95.4 Å². The van der Waals surface area contributed by atoms with Gasteiger partial charge in [0.05, 0.1) is 28.1 Å². The first-order valence-corrected chi connectivity index (χ1v) is 9.33. The van der Waals surface area contributed by atoms with Gasteiger partial charge in [0.15, 0.2) is 11.5 Å².